The zero-order chi connectivity index (χ0) is 22.4. The number of rotatable bonds is 9. The zero-order valence-corrected chi connectivity index (χ0v) is 16.9. The summed E-state index contributed by atoms with van der Waals surface area (Å²) in [6.45, 7) is 0.805. The lowest BCUT2D eigenvalue weighted by atomic mass is 10.1. The van der Waals surface area contributed by atoms with Crippen LogP contribution in [0, 0.1) is 10.1 Å². The molecule has 2 aromatic carbocycles. The third-order valence-electron chi connectivity index (χ3n) is 4.84. The van der Waals surface area contributed by atoms with Crippen LogP contribution in [0.15, 0.2) is 42.5 Å². The van der Waals surface area contributed by atoms with Gasteiger partial charge in [-0.05, 0) is 36.6 Å². The number of non-ortho nitro benzene ring substituents is 1. The Morgan fingerprint density at radius 2 is 1.81 bits per heavy atom. The summed E-state index contributed by atoms with van der Waals surface area (Å²) in [5.74, 6) is -0.297. The molecule has 0 saturated heterocycles. The van der Waals surface area contributed by atoms with Crippen molar-refractivity contribution in [1.82, 2.24) is 15.5 Å². The molecule has 0 unspecified atom stereocenters. The van der Waals surface area contributed by atoms with Crippen molar-refractivity contribution in [2.45, 2.75) is 12.8 Å². The fraction of sp³-hybridized carbons (Fsp3) is 0.286. The van der Waals surface area contributed by atoms with Gasteiger partial charge in [0, 0.05) is 31.8 Å². The molecule has 0 aliphatic carbocycles. The molecule has 0 bridgehead atoms. The summed E-state index contributed by atoms with van der Waals surface area (Å²) in [5.41, 5.74) is 0.973. The number of carbonyl (C=O) groups excluding carboxylic acids is 3. The van der Waals surface area contributed by atoms with Gasteiger partial charge < -0.3 is 15.4 Å². The van der Waals surface area contributed by atoms with Gasteiger partial charge in [-0.1, -0.05) is 12.1 Å². The smallest absolute Gasteiger partial charge is 0.314 e. The number of amides is 4. The number of fused-ring (bicyclic) bond motifs is 1. The number of nitrogens with zero attached hydrogens (tertiary/aromatic N) is 2. The molecule has 4 amide bonds. The van der Waals surface area contributed by atoms with E-state index >= 15 is 0 Å². The highest BCUT2D eigenvalue weighted by Gasteiger charge is 2.36. The van der Waals surface area contributed by atoms with E-state index in [1.54, 1.807) is 7.11 Å². The van der Waals surface area contributed by atoms with Crippen molar-refractivity contribution in [2.75, 3.05) is 26.7 Å². The van der Waals surface area contributed by atoms with E-state index in [4.69, 9.17) is 4.74 Å². The lowest BCUT2D eigenvalue weighted by molar-refractivity contribution is -0.384. The molecular formula is C21H22N4O6. The Morgan fingerprint density at radius 1 is 1.06 bits per heavy atom. The maximum Gasteiger partial charge on any atom is 0.314 e. The minimum absolute atomic E-state index is 0.0300. The molecule has 0 atom stereocenters. The number of hydrogen-bond donors (Lipinski definition) is 2. The second-order valence-electron chi connectivity index (χ2n) is 6.89. The van der Waals surface area contributed by atoms with Gasteiger partial charge in [-0.25, -0.2) is 4.79 Å². The van der Waals surface area contributed by atoms with E-state index in [1.165, 1.54) is 12.1 Å². The van der Waals surface area contributed by atoms with Crippen LogP contribution in [-0.2, 0) is 6.42 Å². The van der Waals surface area contributed by atoms with E-state index in [2.05, 4.69) is 10.6 Å². The highest BCUT2D eigenvalue weighted by atomic mass is 16.6. The molecular weight excluding hydrogens is 404 g/mol. The second kappa shape index (κ2) is 9.70. The first-order valence-corrected chi connectivity index (χ1v) is 9.70. The maximum absolute atomic E-state index is 12.4. The summed E-state index contributed by atoms with van der Waals surface area (Å²) in [6.07, 6.45) is 1.00. The number of methoxy groups -OCH3 is 1. The zero-order valence-electron chi connectivity index (χ0n) is 16.9. The number of carbonyl (C=O) groups is 3. The van der Waals surface area contributed by atoms with Crippen LogP contribution in [0.2, 0.25) is 0 Å². The maximum atomic E-state index is 12.4. The first-order chi connectivity index (χ1) is 14.9. The van der Waals surface area contributed by atoms with Crippen molar-refractivity contribution in [2.24, 2.45) is 0 Å². The van der Waals surface area contributed by atoms with E-state index in [9.17, 15) is 24.5 Å². The third-order valence-corrected chi connectivity index (χ3v) is 4.84. The molecule has 31 heavy (non-hydrogen) atoms. The Kier molecular flexibility index (Phi) is 6.81. The van der Waals surface area contributed by atoms with Gasteiger partial charge in [-0.3, -0.25) is 24.6 Å². The summed E-state index contributed by atoms with van der Waals surface area (Å²) in [7, 11) is 1.59. The normalized spacial score (nSPS) is 12.5. The van der Waals surface area contributed by atoms with E-state index in [0.29, 0.717) is 19.4 Å². The van der Waals surface area contributed by atoms with Crippen LogP contribution >= 0.6 is 0 Å². The summed E-state index contributed by atoms with van der Waals surface area (Å²) in [4.78, 5) is 48.0. The number of ether oxygens (including phenoxy) is 1. The Labute approximate surface area is 178 Å². The number of nitrogens with one attached hydrogen (secondary N) is 2. The highest BCUT2D eigenvalue weighted by molar-refractivity contribution is 6.21. The Hall–Kier alpha value is -3.95. The van der Waals surface area contributed by atoms with Crippen LogP contribution in [-0.4, -0.2) is 54.4 Å². The monoisotopic (exact) mass is 426 g/mol. The van der Waals surface area contributed by atoms with Gasteiger partial charge in [-0.2, -0.15) is 0 Å². The van der Waals surface area contributed by atoms with Gasteiger partial charge in [0.2, 0.25) is 0 Å². The number of benzene rings is 2. The Morgan fingerprint density at radius 3 is 2.55 bits per heavy atom. The van der Waals surface area contributed by atoms with E-state index in [0.717, 1.165) is 22.3 Å². The molecule has 0 fully saturated rings. The number of nitro benzene ring substituents is 1. The lowest BCUT2D eigenvalue weighted by Crippen LogP contribution is -2.38. The molecule has 3 rings (SSSR count). The predicted molar refractivity (Wildman–Crippen MR) is 111 cm³/mol. The van der Waals surface area contributed by atoms with Crippen molar-refractivity contribution >= 4 is 23.5 Å². The van der Waals surface area contributed by atoms with Crippen molar-refractivity contribution < 1.29 is 24.0 Å². The number of hydrogen-bond acceptors (Lipinski definition) is 6. The van der Waals surface area contributed by atoms with Crippen molar-refractivity contribution in [3.8, 4) is 5.75 Å². The Balaban J connectivity index is 1.40. The fourth-order valence-electron chi connectivity index (χ4n) is 3.25. The minimum atomic E-state index is -0.614. The van der Waals surface area contributed by atoms with E-state index in [-0.39, 0.29) is 35.9 Å². The summed E-state index contributed by atoms with van der Waals surface area (Å²) >= 11 is 0. The van der Waals surface area contributed by atoms with Crippen LogP contribution in [0.1, 0.15) is 32.7 Å². The Bertz CT molecular complexity index is 1020. The first kappa shape index (κ1) is 21.8. The van der Waals surface area contributed by atoms with Crippen LogP contribution in [0.25, 0.3) is 0 Å². The molecule has 10 nitrogen and oxygen atoms in total. The average Bonchev–Trinajstić information content (AvgIpc) is 3.01. The van der Waals surface area contributed by atoms with Crippen LogP contribution in [0.4, 0.5) is 10.5 Å². The molecule has 1 aliphatic heterocycles. The molecule has 1 heterocycles. The average molecular weight is 426 g/mol. The van der Waals surface area contributed by atoms with Gasteiger partial charge in [0.1, 0.15) is 5.75 Å². The number of nitro groups is 1. The topological polar surface area (TPSA) is 131 Å². The predicted octanol–water partition coefficient (Wildman–Crippen LogP) is 2.13. The minimum Gasteiger partial charge on any atom is -0.497 e. The van der Waals surface area contributed by atoms with E-state index < -0.39 is 16.7 Å². The highest BCUT2D eigenvalue weighted by Crippen LogP contribution is 2.26. The third kappa shape index (κ3) is 5.16. The molecule has 0 saturated carbocycles. The van der Waals surface area contributed by atoms with Gasteiger partial charge in [0.05, 0.1) is 23.2 Å². The summed E-state index contributed by atoms with van der Waals surface area (Å²) in [6, 6.07) is 10.8. The fourth-order valence-corrected chi connectivity index (χ4v) is 3.25. The van der Waals surface area contributed by atoms with Crippen molar-refractivity contribution in [1.29, 1.82) is 0 Å². The molecule has 0 radical (unpaired) electrons. The molecule has 0 aromatic heterocycles. The molecule has 162 valence electrons. The van der Waals surface area contributed by atoms with Crippen molar-refractivity contribution in [3.63, 3.8) is 0 Å². The lowest BCUT2D eigenvalue weighted by Gasteiger charge is -2.14. The van der Waals surface area contributed by atoms with Gasteiger partial charge >= 0.3 is 6.03 Å². The van der Waals surface area contributed by atoms with Gasteiger partial charge in [-0.15, -0.1) is 0 Å². The number of urea groups is 1. The molecule has 2 N–H and O–H groups in total. The SMILES string of the molecule is COc1cccc(CCNC(=O)NCCCN2C(=O)c3ccc([N+](=O)[O-])cc3C2=O)c1. The standard InChI is InChI=1S/C21H22N4O6/c1-31-16-5-2-4-14(12-16)8-10-23-21(28)22-9-3-11-24-19(26)17-7-6-15(25(29)30)13-18(17)20(24)27/h2,4-7,12-13H,3,8-11H2,1H3,(H2,22,23,28). The van der Waals surface area contributed by atoms with Gasteiger partial charge in [0.25, 0.3) is 17.5 Å². The van der Waals surface area contributed by atoms with E-state index in [1.807, 2.05) is 24.3 Å². The molecule has 10 heteroatoms. The largest absolute Gasteiger partial charge is 0.497 e. The summed E-state index contributed by atoms with van der Waals surface area (Å²) in [5, 5.41) is 16.3. The van der Waals surface area contributed by atoms with Gasteiger partial charge in [0.15, 0.2) is 0 Å². The molecule has 1 aliphatic rings. The van der Waals surface area contributed by atoms with Crippen LogP contribution in [0.5, 0.6) is 5.75 Å². The van der Waals surface area contributed by atoms with Crippen LogP contribution < -0.4 is 15.4 Å². The molecule has 2 aromatic rings. The quantitative estimate of drug-likeness (QED) is 0.273. The van der Waals surface area contributed by atoms with Crippen molar-refractivity contribution in [3.05, 3.63) is 69.3 Å². The second-order valence-corrected chi connectivity index (χ2v) is 6.89. The first-order valence-electron chi connectivity index (χ1n) is 9.70. The van der Waals surface area contributed by atoms with Crippen LogP contribution in [0.3, 0.4) is 0 Å². The number of imide groups is 1. The summed E-state index contributed by atoms with van der Waals surface area (Å²) < 4.78 is 5.16. The molecule has 0 spiro atoms.